The highest BCUT2D eigenvalue weighted by Crippen LogP contribution is 2.31. The summed E-state index contributed by atoms with van der Waals surface area (Å²) in [6, 6.07) is 2.24. The normalized spacial score (nSPS) is 14.1. The van der Waals surface area contributed by atoms with E-state index in [0.717, 1.165) is 6.07 Å². The van der Waals surface area contributed by atoms with Crippen LogP contribution in [0, 0.1) is 5.92 Å². The molecular weight excluding hydrogens is 231 g/mol. The van der Waals surface area contributed by atoms with E-state index in [0.29, 0.717) is 6.42 Å². The highest BCUT2D eigenvalue weighted by atomic mass is 19.4. The monoisotopic (exact) mass is 247 g/mol. The summed E-state index contributed by atoms with van der Waals surface area (Å²) in [5.41, 5.74) is -0.851. The summed E-state index contributed by atoms with van der Waals surface area (Å²) in [4.78, 5) is 3.71. The van der Waals surface area contributed by atoms with Gasteiger partial charge in [0.1, 0.15) is 0 Å². The average molecular weight is 247 g/mol. The zero-order valence-corrected chi connectivity index (χ0v) is 9.83. The van der Waals surface area contributed by atoms with Gasteiger partial charge in [-0.3, -0.25) is 4.98 Å². The van der Waals surface area contributed by atoms with Gasteiger partial charge in [-0.05, 0) is 24.5 Å². The van der Waals surface area contributed by atoms with Crippen molar-refractivity contribution in [2.24, 2.45) is 5.92 Å². The van der Waals surface area contributed by atoms with Crippen LogP contribution < -0.4 is 0 Å². The molecule has 1 rings (SSSR count). The lowest BCUT2D eigenvalue weighted by Gasteiger charge is -2.16. The smallest absolute Gasteiger partial charge is 0.393 e. The second kappa shape index (κ2) is 5.49. The van der Waals surface area contributed by atoms with Gasteiger partial charge in [-0.25, -0.2) is 0 Å². The van der Waals surface area contributed by atoms with Crippen LogP contribution in [-0.2, 0) is 12.6 Å². The number of halogens is 3. The third-order valence-electron chi connectivity index (χ3n) is 2.37. The molecule has 1 heterocycles. The lowest BCUT2D eigenvalue weighted by atomic mass is 10.00. The minimum Gasteiger partial charge on any atom is -0.393 e. The Bertz CT molecular complexity index is 363. The molecular formula is C12H16F3NO. The van der Waals surface area contributed by atoms with Crippen molar-refractivity contribution in [2.45, 2.75) is 39.0 Å². The van der Waals surface area contributed by atoms with Gasteiger partial charge in [-0.2, -0.15) is 13.2 Å². The van der Waals surface area contributed by atoms with E-state index in [4.69, 9.17) is 0 Å². The Labute approximate surface area is 98.5 Å². The maximum Gasteiger partial charge on any atom is 0.418 e. The molecule has 1 aromatic heterocycles. The first-order chi connectivity index (χ1) is 7.80. The summed E-state index contributed by atoms with van der Waals surface area (Å²) in [5, 5.41) is 9.66. The second-order valence-electron chi connectivity index (χ2n) is 4.48. The van der Waals surface area contributed by atoms with Crippen LogP contribution in [-0.4, -0.2) is 16.2 Å². The van der Waals surface area contributed by atoms with Crippen LogP contribution >= 0.6 is 0 Å². The first kappa shape index (κ1) is 14.0. The number of hydrogen-bond donors (Lipinski definition) is 1. The van der Waals surface area contributed by atoms with Crippen LogP contribution in [0.2, 0.25) is 0 Å². The fourth-order valence-corrected chi connectivity index (χ4v) is 1.71. The van der Waals surface area contributed by atoms with Crippen molar-refractivity contribution in [1.29, 1.82) is 0 Å². The molecule has 2 nitrogen and oxygen atoms in total. The topological polar surface area (TPSA) is 33.1 Å². The highest BCUT2D eigenvalue weighted by Gasteiger charge is 2.34. The minimum atomic E-state index is -4.42. The van der Waals surface area contributed by atoms with Crippen molar-refractivity contribution in [3.63, 3.8) is 0 Å². The quantitative estimate of drug-likeness (QED) is 0.887. The largest absolute Gasteiger partial charge is 0.418 e. The van der Waals surface area contributed by atoms with E-state index in [2.05, 4.69) is 4.98 Å². The molecule has 1 N–H and O–H groups in total. The lowest BCUT2D eigenvalue weighted by Crippen LogP contribution is -2.18. The molecule has 0 aromatic carbocycles. The third kappa shape index (κ3) is 4.34. The Morgan fingerprint density at radius 1 is 1.35 bits per heavy atom. The van der Waals surface area contributed by atoms with Crippen LogP contribution in [0.25, 0.3) is 0 Å². The van der Waals surface area contributed by atoms with Gasteiger partial charge in [0.2, 0.25) is 0 Å². The summed E-state index contributed by atoms with van der Waals surface area (Å²) >= 11 is 0. The molecule has 0 aliphatic rings. The molecule has 1 atom stereocenters. The molecule has 0 aliphatic heterocycles. The van der Waals surface area contributed by atoms with Gasteiger partial charge in [0.15, 0.2) is 0 Å². The first-order valence-electron chi connectivity index (χ1n) is 5.50. The average Bonchev–Trinajstić information content (AvgIpc) is 2.15. The molecule has 0 fully saturated rings. The summed E-state index contributed by atoms with van der Waals surface area (Å²) in [7, 11) is 0. The Hall–Kier alpha value is -1.10. The molecule has 0 bridgehead atoms. The standard InChI is InChI=1S/C12H16F3NO/c1-8(2)6-9(17)7-11-10(12(13,14)15)4-3-5-16-11/h3-5,8-9,17H,6-7H2,1-2H3. The third-order valence-corrected chi connectivity index (χ3v) is 2.37. The van der Waals surface area contributed by atoms with Crippen molar-refractivity contribution in [2.75, 3.05) is 0 Å². The van der Waals surface area contributed by atoms with Crippen molar-refractivity contribution in [3.05, 3.63) is 29.6 Å². The van der Waals surface area contributed by atoms with Crippen LogP contribution in [0.15, 0.2) is 18.3 Å². The van der Waals surface area contributed by atoms with Crippen LogP contribution in [0.4, 0.5) is 13.2 Å². The number of pyridine rings is 1. The van der Waals surface area contributed by atoms with Crippen LogP contribution in [0.3, 0.4) is 0 Å². The molecule has 17 heavy (non-hydrogen) atoms. The maximum absolute atomic E-state index is 12.6. The Morgan fingerprint density at radius 2 is 2.00 bits per heavy atom. The van der Waals surface area contributed by atoms with Crippen molar-refractivity contribution in [3.8, 4) is 0 Å². The van der Waals surface area contributed by atoms with E-state index in [-0.39, 0.29) is 18.0 Å². The Balaban J connectivity index is 2.84. The van der Waals surface area contributed by atoms with Crippen LogP contribution in [0.1, 0.15) is 31.5 Å². The number of rotatable bonds is 4. The SMILES string of the molecule is CC(C)CC(O)Cc1ncccc1C(F)(F)F. The van der Waals surface area contributed by atoms with E-state index < -0.39 is 17.8 Å². The summed E-state index contributed by atoms with van der Waals surface area (Å²) in [6.07, 6.45) is -3.48. The molecule has 96 valence electrons. The van der Waals surface area contributed by atoms with Gasteiger partial charge in [0.05, 0.1) is 17.4 Å². The zero-order chi connectivity index (χ0) is 13.1. The van der Waals surface area contributed by atoms with Gasteiger partial charge in [-0.1, -0.05) is 13.8 Å². The summed E-state index contributed by atoms with van der Waals surface area (Å²) in [5.74, 6) is 0.239. The molecule has 0 saturated carbocycles. The Morgan fingerprint density at radius 3 is 2.53 bits per heavy atom. The van der Waals surface area contributed by atoms with Crippen molar-refractivity contribution in [1.82, 2.24) is 4.98 Å². The molecule has 0 saturated heterocycles. The van der Waals surface area contributed by atoms with Gasteiger partial charge < -0.3 is 5.11 Å². The highest BCUT2D eigenvalue weighted by molar-refractivity contribution is 5.23. The predicted octanol–water partition coefficient (Wildman–Crippen LogP) is 3.05. The van der Waals surface area contributed by atoms with E-state index in [1.54, 1.807) is 0 Å². The molecule has 1 aromatic rings. The van der Waals surface area contributed by atoms with Gasteiger partial charge in [0.25, 0.3) is 0 Å². The first-order valence-corrected chi connectivity index (χ1v) is 5.50. The van der Waals surface area contributed by atoms with E-state index in [1.165, 1.54) is 12.3 Å². The summed E-state index contributed by atoms with van der Waals surface area (Å²) < 4.78 is 37.9. The fraction of sp³-hybridized carbons (Fsp3) is 0.583. The van der Waals surface area contributed by atoms with E-state index in [9.17, 15) is 18.3 Å². The number of aromatic nitrogens is 1. The van der Waals surface area contributed by atoms with Gasteiger partial charge in [0, 0.05) is 12.6 Å². The van der Waals surface area contributed by atoms with Gasteiger partial charge >= 0.3 is 6.18 Å². The number of nitrogens with zero attached hydrogens (tertiary/aromatic N) is 1. The number of aliphatic hydroxyl groups excluding tert-OH is 1. The van der Waals surface area contributed by atoms with Crippen molar-refractivity contribution < 1.29 is 18.3 Å². The number of aliphatic hydroxyl groups is 1. The molecule has 1 unspecified atom stereocenters. The predicted molar refractivity (Wildman–Crippen MR) is 58.4 cm³/mol. The lowest BCUT2D eigenvalue weighted by molar-refractivity contribution is -0.138. The second-order valence-corrected chi connectivity index (χ2v) is 4.48. The molecule has 0 spiro atoms. The molecule has 5 heteroatoms. The Kier molecular flexibility index (Phi) is 4.51. The van der Waals surface area contributed by atoms with E-state index >= 15 is 0 Å². The number of alkyl halides is 3. The van der Waals surface area contributed by atoms with E-state index in [1.807, 2.05) is 13.8 Å². The maximum atomic E-state index is 12.6. The van der Waals surface area contributed by atoms with Gasteiger partial charge in [-0.15, -0.1) is 0 Å². The van der Waals surface area contributed by atoms with Crippen molar-refractivity contribution >= 4 is 0 Å². The molecule has 0 aliphatic carbocycles. The number of hydrogen-bond acceptors (Lipinski definition) is 2. The molecule has 0 radical (unpaired) electrons. The molecule has 0 amide bonds. The zero-order valence-electron chi connectivity index (χ0n) is 9.83. The minimum absolute atomic E-state index is 0.0616. The summed E-state index contributed by atoms with van der Waals surface area (Å²) in [6.45, 7) is 3.82. The fourth-order valence-electron chi connectivity index (χ4n) is 1.71. The van der Waals surface area contributed by atoms with Crippen LogP contribution in [0.5, 0.6) is 0 Å².